The molecule has 3 rings (SSSR count). The zero-order chi connectivity index (χ0) is 19.4. The molecule has 0 bridgehead atoms. The van der Waals surface area contributed by atoms with Gasteiger partial charge >= 0.3 is 12.2 Å². The molecule has 0 aromatic heterocycles. The number of hydrogen-bond acceptors (Lipinski definition) is 5. The smallest absolute Gasteiger partial charge is 0.410 e. The summed E-state index contributed by atoms with van der Waals surface area (Å²) in [6, 6.07) is 9.51. The van der Waals surface area contributed by atoms with Crippen LogP contribution in [0.3, 0.4) is 0 Å². The summed E-state index contributed by atoms with van der Waals surface area (Å²) in [7, 11) is 0. The van der Waals surface area contributed by atoms with Gasteiger partial charge in [0.15, 0.2) is 0 Å². The van der Waals surface area contributed by atoms with Gasteiger partial charge in [-0.3, -0.25) is 0 Å². The van der Waals surface area contributed by atoms with Gasteiger partial charge in [0.1, 0.15) is 12.2 Å². The molecule has 2 aliphatic heterocycles. The molecule has 1 aromatic carbocycles. The lowest BCUT2D eigenvalue weighted by Crippen LogP contribution is -2.61. The Balaban J connectivity index is 1.55. The highest BCUT2D eigenvalue weighted by atomic mass is 16.6. The molecule has 1 aromatic rings. The Kier molecular flexibility index (Phi) is 5.89. The fraction of sp³-hybridized carbons (Fsp3) is 0.600. The maximum Gasteiger partial charge on any atom is 0.410 e. The van der Waals surface area contributed by atoms with Crippen LogP contribution in [0.1, 0.15) is 32.8 Å². The predicted molar refractivity (Wildman–Crippen MR) is 99.3 cm³/mol. The third kappa shape index (κ3) is 5.13. The molecule has 0 aliphatic carbocycles. The molecule has 0 saturated carbocycles. The highest BCUT2D eigenvalue weighted by Crippen LogP contribution is 2.25. The molecule has 7 heteroatoms. The zero-order valence-corrected chi connectivity index (χ0v) is 16.2. The van der Waals surface area contributed by atoms with Crippen LogP contribution in [0.2, 0.25) is 0 Å². The number of nitrogens with zero attached hydrogens (tertiary/aromatic N) is 2. The molecule has 2 atom stereocenters. The van der Waals surface area contributed by atoms with Crippen LogP contribution in [-0.4, -0.2) is 66.0 Å². The van der Waals surface area contributed by atoms with Crippen LogP contribution in [0.15, 0.2) is 30.3 Å². The first-order chi connectivity index (χ1) is 12.8. The van der Waals surface area contributed by atoms with Crippen molar-refractivity contribution >= 4 is 12.2 Å². The van der Waals surface area contributed by atoms with Crippen LogP contribution in [0.4, 0.5) is 9.59 Å². The van der Waals surface area contributed by atoms with Gasteiger partial charge in [-0.25, -0.2) is 9.59 Å². The highest BCUT2D eigenvalue weighted by Gasteiger charge is 2.42. The van der Waals surface area contributed by atoms with E-state index in [-0.39, 0.29) is 30.9 Å². The third-order valence-corrected chi connectivity index (χ3v) is 4.68. The number of hydrogen-bond donors (Lipinski definition) is 0. The summed E-state index contributed by atoms with van der Waals surface area (Å²) >= 11 is 0. The molecule has 27 heavy (non-hydrogen) atoms. The van der Waals surface area contributed by atoms with E-state index in [0.717, 1.165) is 5.56 Å². The second-order valence-electron chi connectivity index (χ2n) is 7.93. The van der Waals surface area contributed by atoms with Crippen molar-refractivity contribution in [1.29, 1.82) is 0 Å². The van der Waals surface area contributed by atoms with E-state index in [4.69, 9.17) is 14.2 Å². The molecule has 7 nitrogen and oxygen atoms in total. The molecule has 0 N–H and O–H groups in total. The highest BCUT2D eigenvalue weighted by molar-refractivity contribution is 5.70. The molecule has 2 aliphatic rings. The number of likely N-dealkylation sites (tertiary alicyclic amines) is 1. The predicted octanol–water partition coefficient (Wildman–Crippen LogP) is 3.03. The van der Waals surface area contributed by atoms with Crippen LogP contribution in [0.25, 0.3) is 0 Å². The van der Waals surface area contributed by atoms with Crippen LogP contribution in [0.5, 0.6) is 0 Å². The van der Waals surface area contributed by atoms with E-state index < -0.39 is 5.60 Å². The number of benzene rings is 1. The number of piperidine rings is 1. The number of carbonyl (C=O) groups excluding carboxylic acids is 2. The average molecular weight is 376 g/mol. The van der Waals surface area contributed by atoms with Gasteiger partial charge in [-0.1, -0.05) is 30.3 Å². The Morgan fingerprint density at radius 2 is 1.89 bits per heavy atom. The van der Waals surface area contributed by atoms with Crippen molar-refractivity contribution in [2.24, 2.45) is 0 Å². The quantitative estimate of drug-likeness (QED) is 0.794. The van der Waals surface area contributed by atoms with E-state index in [2.05, 4.69) is 0 Å². The first-order valence-corrected chi connectivity index (χ1v) is 9.40. The molecule has 0 radical (unpaired) electrons. The lowest BCUT2D eigenvalue weighted by molar-refractivity contribution is -0.101. The minimum Gasteiger partial charge on any atom is -0.445 e. The van der Waals surface area contributed by atoms with E-state index in [1.807, 2.05) is 51.1 Å². The minimum absolute atomic E-state index is 0.0771. The fourth-order valence-corrected chi connectivity index (χ4v) is 3.42. The maximum absolute atomic E-state index is 12.5. The summed E-state index contributed by atoms with van der Waals surface area (Å²) in [5.74, 6) is 0. The van der Waals surface area contributed by atoms with Gasteiger partial charge in [0, 0.05) is 13.1 Å². The summed E-state index contributed by atoms with van der Waals surface area (Å²) in [5, 5.41) is 0. The molecule has 2 fully saturated rings. The average Bonchev–Trinajstić information content (AvgIpc) is 2.64. The Labute approximate surface area is 160 Å². The van der Waals surface area contributed by atoms with Gasteiger partial charge in [-0.15, -0.1) is 0 Å². The summed E-state index contributed by atoms with van der Waals surface area (Å²) in [6.45, 7) is 7.70. The number of ether oxygens (including phenoxy) is 3. The Hall–Kier alpha value is -2.28. The first-order valence-electron chi connectivity index (χ1n) is 9.40. The first kappa shape index (κ1) is 19.5. The van der Waals surface area contributed by atoms with Gasteiger partial charge < -0.3 is 24.0 Å². The van der Waals surface area contributed by atoms with E-state index >= 15 is 0 Å². The van der Waals surface area contributed by atoms with Crippen LogP contribution < -0.4 is 0 Å². The van der Waals surface area contributed by atoms with Crippen molar-refractivity contribution in [3.63, 3.8) is 0 Å². The fourth-order valence-electron chi connectivity index (χ4n) is 3.42. The van der Waals surface area contributed by atoms with E-state index in [1.54, 1.807) is 9.80 Å². The molecule has 0 spiro atoms. The van der Waals surface area contributed by atoms with Crippen LogP contribution in [-0.2, 0) is 20.8 Å². The summed E-state index contributed by atoms with van der Waals surface area (Å²) in [4.78, 5) is 28.3. The van der Waals surface area contributed by atoms with Gasteiger partial charge in [0.2, 0.25) is 0 Å². The molecule has 0 unspecified atom stereocenters. The molecular formula is C20H28N2O5. The summed E-state index contributed by atoms with van der Waals surface area (Å²) < 4.78 is 16.8. The second-order valence-corrected chi connectivity index (χ2v) is 7.93. The lowest BCUT2D eigenvalue weighted by Gasteiger charge is -2.46. The van der Waals surface area contributed by atoms with Crippen LogP contribution in [0, 0.1) is 0 Å². The second kappa shape index (κ2) is 8.17. The Morgan fingerprint density at radius 3 is 2.59 bits per heavy atom. The lowest BCUT2D eigenvalue weighted by atomic mass is 9.99. The van der Waals surface area contributed by atoms with E-state index in [1.165, 1.54) is 0 Å². The van der Waals surface area contributed by atoms with E-state index in [9.17, 15) is 9.59 Å². The normalized spacial score (nSPS) is 22.8. The molecule has 2 heterocycles. The number of fused-ring (bicyclic) bond motifs is 1. The number of morpholine rings is 1. The zero-order valence-electron chi connectivity index (χ0n) is 16.2. The topological polar surface area (TPSA) is 68.3 Å². The largest absolute Gasteiger partial charge is 0.445 e. The van der Waals surface area contributed by atoms with Crippen LogP contribution >= 0.6 is 0 Å². The number of carbonyl (C=O) groups is 2. The summed E-state index contributed by atoms with van der Waals surface area (Å²) in [5.41, 5.74) is 0.415. The molecular weight excluding hydrogens is 348 g/mol. The van der Waals surface area contributed by atoms with Gasteiger partial charge in [-0.2, -0.15) is 0 Å². The van der Waals surface area contributed by atoms with Gasteiger partial charge in [0.05, 0.1) is 25.3 Å². The van der Waals surface area contributed by atoms with Crippen molar-refractivity contribution < 1.29 is 23.8 Å². The third-order valence-electron chi connectivity index (χ3n) is 4.68. The monoisotopic (exact) mass is 376 g/mol. The summed E-state index contributed by atoms with van der Waals surface area (Å²) in [6.07, 6.45) is -0.245. The number of rotatable bonds is 2. The molecule has 148 valence electrons. The Morgan fingerprint density at radius 1 is 1.15 bits per heavy atom. The SMILES string of the molecule is CC(C)(C)OC(=O)N1CCO[C@H]2CN(C(=O)OCc3ccccc3)CC[C@H]21. The molecule has 2 saturated heterocycles. The van der Waals surface area contributed by atoms with Crippen molar-refractivity contribution in [3.05, 3.63) is 35.9 Å². The van der Waals surface area contributed by atoms with Crippen molar-refractivity contribution in [3.8, 4) is 0 Å². The minimum atomic E-state index is -0.535. The number of amides is 2. The standard InChI is InChI=1S/C20H28N2O5/c1-20(2,3)27-19(24)22-11-12-25-17-13-21(10-9-16(17)22)18(23)26-14-15-7-5-4-6-8-15/h4-8,16-17H,9-14H2,1-3H3/t16-,17+/m1/s1. The van der Waals surface area contributed by atoms with Crippen molar-refractivity contribution in [1.82, 2.24) is 9.80 Å². The molecule has 2 amide bonds. The van der Waals surface area contributed by atoms with Gasteiger partial charge in [-0.05, 0) is 32.8 Å². The van der Waals surface area contributed by atoms with E-state index in [0.29, 0.717) is 32.7 Å². The van der Waals surface area contributed by atoms with Gasteiger partial charge in [0.25, 0.3) is 0 Å². The van der Waals surface area contributed by atoms with Crippen molar-refractivity contribution in [2.75, 3.05) is 26.2 Å². The Bertz CT molecular complexity index is 658. The van der Waals surface area contributed by atoms with Crippen molar-refractivity contribution in [2.45, 2.75) is 51.5 Å². The maximum atomic E-state index is 12.5.